The van der Waals surface area contributed by atoms with Crippen LogP contribution in [0.2, 0.25) is 0 Å². The summed E-state index contributed by atoms with van der Waals surface area (Å²) in [5.74, 6) is -0.319. The molecule has 0 amide bonds. The summed E-state index contributed by atoms with van der Waals surface area (Å²) in [7, 11) is 0. The lowest BCUT2D eigenvalue weighted by Gasteiger charge is -2.39. The Morgan fingerprint density at radius 2 is 1.96 bits per heavy atom. The molecule has 1 aliphatic heterocycles. The third-order valence-electron chi connectivity index (χ3n) is 5.71. The van der Waals surface area contributed by atoms with E-state index in [9.17, 15) is 9.90 Å². The molecule has 0 aromatic heterocycles. The molecule has 4 rings (SSSR count). The molecule has 1 aliphatic carbocycles. The molecule has 128 valence electrons. The molecule has 0 saturated heterocycles. The zero-order chi connectivity index (χ0) is 17.6. The van der Waals surface area contributed by atoms with E-state index < -0.39 is 5.97 Å². The zero-order valence-electron chi connectivity index (χ0n) is 14.6. The van der Waals surface area contributed by atoms with Gasteiger partial charge in [-0.1, -0.05) is 49.4 Å². The maximum atomic E-state index is 11.7. The van der Waals surface area contributed by atoms with Crippen LogP contribution in [-0.4, -0.2) is 11.1 Å². The van der Waals surface area contributed by atoms with Crippen molar-refractivity contribution in [2.75, 3.05) is 5.32 Å². The summed E-state index contributed by atoms with van der Waals surface area (Å²) in [6.07, 6.45) is 6.41. The van der Waals surface area contributed by atoms with Crippen LogP contribution in [0.1, 0.15) is 57.9 Å². The van der Waals surface area contributed by atoms with Gasteiger partial charge in [-0.2, -0.15) is 0 Å². The van der Waals surface area contributed by atoms with Crippen LogP contribution in [0.4, 0.5) is 5.69 Å². The van der Waals surface area contributed by atoms with Crippen molar-refractivity contribution in [3.05, 3.63) is 76.4 Å². The first-order valence-electron chi connectivity index (χ1n) is 8.99. The van der Waals surface area contributed by atoms with E-state index in [1.807, 2.05) is 13.0 Å². The van der Waals surface area contributed by atoms with Crippen molar-refractivity contribution in [3.8, 4) is 0 Å². The Morgan fingerprint density at radius 1 is 1.20 bits per heavy atom. The molecule has 0 saturated carbocycles. The lowest BCUT2D eigenvalue weighted by atomic mass is 9.74. The van der Waals surface area contributed by atoms with E-state index in [1.165, 1.54) is 11.1 Å². The molecule has 25 heavy (non-hydrogen) atoms. The highest BCUT2D eigenvalue weighted by Crippen LogP contribution is 2.51. The van der Waals surface area contributed by atoms with Crippen LogP contribution in [0.15, 0.2) is 48.6 Å². The number of nitrogens with one attached hydrogen (secondary N) is 1. The number of hydrogen-bond acceptors (Lipinski definition) is 2. The van der Waals surface area contributed by atoms with Crippen LogP contribution in [0.25, 0.3) is 0 Å². The van der Waals surface area contributed by atoms with Gasteiger partial charge in [0.05, 0.1) is 11.6 Å². The van der Waals surface area contributed by atoms with Crippen LogP contribution in [0.5, 0.6) is 0 Å². The van der Waals surface area contributed by atoms with Gasteiger partial charge < -0.3 is 10.4 Å². The number of carboxylic acid groups (broad SMARTS) is 1. The van der Waals surface area contributed by atoms with Gasteiger partial charge in [-0.05, 0) is 54.0 Å². The average Bonchev–Trinajstić information content (AvgIpc) is 3.11. The maximum absolute atomic E-state index is 11.7. The third-order valence-corrected chi connectivity index (χ3v) is 5.71. The second-order valence-corrected chi connectivity index (χ2v) is 7.09. The Balaban J connectivity index is 1.82. The Labute approximate surface area is 148 Å². The van der Waals surface area contributed by atoms with Crippen molar-refractivity contribution in [2.24, 2.45) is 5.92 Å². The van der Waals surface area contributed by atoms with Gasteiger partial charge >= 0.3 is 5.97 Å². The Morgan fingerprint density at radius 3 is 2.64 bits per heavy atom. The summed E-state index contributed by atoms with van der Waals surface area (Å²) in [5.41, 5.74) is 6.10. The van der Waals surface area contributed by atoms with Crippen LogP contribution in [0, 0.1) is 12.8 Å². The van der Waals surface area contributed by atoms with Gasteiger partial charge in [0.2, 0.25) is 0 Å². The normalized spacial score (nSPS) is 23.7. The van der Waals surface area contributed by atoms with Gasteiger partial charge in [-0.3, -0.25) is 0 Å². The van der Waals surface area contributed by atoms with E-state index in [0.29, 0.717) is 11.5 Å². The Kier molecular flexibility index (Phi) is 3.87. The van der Waals surface area contributed by atoms with Crippen molar-refractivity contribution in [1.82, 2.24) is 0 Å². The predicted molar refractivity (Wildman–Crippen MR) is 100 cm³/mol. The number of anilines is 1. The minimum atomic E-state index is -0.845. The zero-order valence-corrected chi connectivity index (χ0v) is 14.6. The lowest BCUT2D eigenvalue weighted by molar-refractivity contribution is 0.0695. The molecule has 0 radical (unpaired) electrons. The fourth-order valence-electron chi connectivity index (χ4n) is 4.33. The molecule has 0 fully saturated rings. The molecule has 3 nitrogen and oxygen atoms in total. The van der Waals surface area contributed by atoms with Crippen molar-refractivity contribution in [3.63, 3.8) is 0 Å². The SMILES string of the molecule is CCc1ccc([C@@H]2Nc3c(C)ccc(C(=O)O)c3[C@@H]3C=CC[C@H]32)cc1. The highest BCUT2D eigenvalue weighted by Gasteiger charge is 2.40. The first-order valence-corrected chi connectivity index (χ1v) is 8.99. The molecule has 2 aromatic carbocycles. The lowest BCUT2D eigenvalue weighted by Crippen LogP contribution is -2.31. The predicted octanol–water partition coefficient (Wildman–Crippen LogP) is 5.08. The smallest absolute Gasteiger partial charge is 0.336 e. The van der Waals surface area contributed by atoms with Gasteiger partial charge in [0.25, 0.3) is 0 Å². The molecule has 3 atom stereocenters. The highest BCUT2D eigenvalue weighted by molar-refractivity contribution is 5.93. The molecule has 3 heteroatoms. The molecule has 1 heterocycles. The van der Waals surface area contributed by atoms with Crippen molar-refractivity contribution in [2.45, 2.75) is 38.6 Å². The van der Waals surface area contributed by atoms with Crippen LogP contribution in [0.3, 0.4) is 0 Å². The van der Waals surface area contributed by atoms with Gasteiger partial charge in [0, 0.05) is 11.6 Å². The monoisotopic (exact) mass is 333 g/mol. The number of fused-ring (bicyclic) bond motifs is 3. The molecular weight excluding hydrogens is 310 g/mol. The maximum Gasteiger partial charge on any atom is 0.336 e. The Hall–Kier alpha value is -2.55. The van der Waals surface area contributed by atoms with Crippen molar-refractivity contribution < 1.29 is 9.90 Å². The first kappa shape index (κ1) is 15.9. The molecule has 2 aromatic rings. The number of benzene rings is 2. The molecule has 0 bridgehead atoms. The van der Waals surface area contributed by atoms with Crippen molar-refractivity contribution >= 4 is 11.7 Å². The number of allylic oxidation sites excluding steroid dienone is 2. The molecular formula is C22H23NO2. The van der Waals surface area contributed by atoms with Gasteiger partial charge in [0.1, 0.15) is 0 Å². The number of rotatable bonds is 3. The van der Waals surface area contributed by atoms with E-state index in [2.05, 4.69) is 48.7 Å². The van der Waals surface area contributed by atoms with Gasteiger partial charge in [-0.25, -0.2) is 4.79 Å². The number of aromatic carboxylic acids is 1. The minimum Gasteiger partial charge on any atom is -0.478 e. The quantitative estimate of drug-likeness (QED) is 0.770. The van der Waals surface area contributed by atoms with Crippen molar-refractivity contribution in [1.29, 1.82) is 0 Å². The Bertz CT molecular complexity index is 851. The molecule has 0 spiro atoms. The summed E-state index contributed by atoms with van der Waals surface area (Å²) in [6, 6.07) is 12.7. The van der Waals surface area contributed by atoms with Crippen LogP contribution < -0.4 is 5.32 Å². The summed E-state index contributed by atoms with van der Waals surface area (Å²) >= 11 is 0. The molecule has 2 N–H and O–H groups in total. The van der Waals surface area contributed by atoms with E-state index in [-0.39, 0.29) is 12.0 Å². The van der Waals surface area contributed by atoms with E-state index >= 15 is 0 Å². The summed E-state index contributed by atoms with van der Waals surface area (Å²) in [5, 5.41) is 13.3. The van der Waals surface area contributed by atoms with Gasteiger partial charge in [0.15, 0.2) is 0 Å². The number of carboxylic acids is 1. The minimum absolute atomic E-state index is 0.165. The number of hydrogen-bond donors (Lipinski definition) is 2. The largest absolute Gasteiger partial charge is 0.478 e. The van der Waals surface area contributed by atoms with Crippen LogP contribution >= 0.6 is 0 Å². The number of aryl methyl sites for hydroxylation is 2. The van der Waals surface area contributed by atoms with Crippen LogP contribution in [-0.2, 0) is 6.42 Å². The molecule has 0 unspecified atom stereocenters. The first-order chi connectivity index (χ1) is 12.1. The van der Waals surface area contributed by atoms with E-state index in [4.69, 9.17) is 0 Å². The van der Waals surface area contributed by atoms with E-state index in [0.717, 1.165) is 29.7 Å². The fourth-order valence-corrected chi connectivity index (χ4v) is 4.33. The number of carbonyl (C=O) groups is 1. The highest BCUT2D eigenvalue weighted by atomic mass is 16.4. The summed E-state index contributed by atoms with van der Waals surface area (Å²) < 4.78 is 0. The topological polar surface area (TPSA) is 49.3 Å². The second-order valence-electron chi connectivity index (χ2n) is 7.09. The summed E-state index contributed by atoms with van der Waals surface area (Å²) in [4.78, 5) is 11.7. The average molecular weight is 333 g/mol. The fraction of sp³-hybridized carbons (Fsp3) is 0.318. The molecule has 2 aliphatic rings. The third kappa shape index (κ3) is 2.55. The standard InChI is InChI=1S/C22H23NO2/c1-3-14-8-10-15(11-9-14)21-17-6-4-5-16(17)19-18(22(24)25)12-7-13(2)20(19)23-21/h4-5,7-12,16-17,21,23H,3,6H2,1-2H3,(H,24,25)/t16-,17-,21+/m1/s1. The summed E-state index contributed by atoms with van der Waals surface area (Å²) in [6.45, 7) is 4.21. The van der Waals surface area contributed by atoms with E-state index in [1.54, 1.807) is 6.07 Å². The second kappa shape index (κ2) is 6.07. The van der Waals surface area contributed by atoms with Gasteiger partial charge in [-0.15, -0.1) is 0 Å².